The molecule has 0 fully saturated rings. The van der Waals surface area contributed by atoms with E-state index in [0.29, 0.717) is 20.8 Å². The number of anilines is 1. The van der Waals surface area contributed by atoms with Gasteiger partial charge in [0.05, 0.1) is 10.7 Å². The number of halogens is 2. The number of ether oxygens (including phenoxy) is 1. The summed E-state index contributed by atoms with van der Waals surface area (Å²) in [7, 11) is 0. The zero-order valence-electron chi connectivity index (χ0n) is 14.1. The highest BCUT2D eigenvalue weighted by atomic mass is 35.5. The van der Waals surface area contributed by atoms with Crippen LogP contribution >= 0.6 is 22.9 Å². The fourth-order valence-corrected chi connectivity index (χ4v) is 3.92. The number of nitrogens with one attached hydrogen (secondary N) is 1. The first-order valence-corrected chi connectivity index (χ1v) is 8.96. The molecule has 2 aromatic carbocycles. The van der Waals surface area contributed by atoms with Crippen molar-refractivity contribution in [3.8, 4) is 0 Å². The lowest BCUT2D eigenvalue weighted by Gasteiger charge is -2.11. The molecule has 1 heterocycles. The predicted octanol–water partition coefficient (Wildman–Crippen LogP) is 5.11. The lowest BCUT2D eigenvalue weighted by atomic mass is 10.1. The molecule has 1 aromatic heterocycles. The number of carbonyl (C=O) groups excluding carboxylic acids is 2. The number of hydrogen-bond acceptors (Lipinski definition) is 4. The molecular weight excluding hydrogens is 377 g/mol. The van der Waals surface area contributed by atoms with Gasteiger partial charge in [-0.15, -0.1) is 11.3 Å². The van der Waals surface area contributed by atoms with Crippen LogP contribution in [0.15, 0.2) is 36.4 Å². The number of esters is 1. The Morgan fingerprint density at radius 2 is 2.00 bits per heavy atom. The molecule has 0 atom stereocenters. The maximum Gasteiger partial charge on any atom is 0.348 e. The third-order valence-corrected chi connectivity index (χ3v) is 5.12. The average Bonchev–Trinajstić information content (AvgIpc) is 3.01. The third kappa shape index (κ3) is 3.86. The summed E-state index contributed by atoms with van der Waals surface area (Å²) in [5.74, 6) is -1.58. The van der Waals surface area contributed by atoms with E-state index in [-0.39, 0.29) is 4.88 Å². The molecule has 3 aromatic rings. The molecule has 3 rings (SSSR count). The van der Waals surface area contributed by atoms with Gasteiger partial charge in [-0.3, -0.25) is 4.79 Å². The molecule has 4 nitrogen and oxygen atoms in total. The first kappa shape index (κ1) is 18.4. The van der Waals surface area contributed by atoms with Gasteiger partial charge in [-0.25, -0.2) is 9.18 Å². The van der Waals surface area contributed by atoms with Crippen LogP contribution in [0.5, 0.6) is 0 Å². The van der Waals surface area contributed by atoms with Crippen molar-refractivity contribution >= 4 is 50.6 Å². The molecule has 0 aliphatic carbocycles. The van der Waals surface area contributed by atoms with Gasteiger partial charge in [0.1, 0.15) is 10.7 Å². The smallest absolute Gasteiger partial charge is 0.348 e. The fraction of sp³-hybridized carbons (Fsp3) is 0.158. The molecule has 1 N–H and O–H groups in total. The van der Waals surface area contributed by atoms with Gasteiger partial charge in [0.25, 0.3) is 5.91 Å². The van der Waals surface area contributed by atoms with E-state index in [4.69, 9.17) is 16.3 Å². The van der Waals surface area contributed by atoms with Crippen LogP contribution in [0.1, 0.15) is 20.8 Å². The van der Waals surface area contributed by atoms with Crippen molar-refractivity contribution in [2.75, 3.05) is 11.9 Å². The number of benzene rings is 2. The van der Waals surface area contributed by atoms with Crippen molar-refractivity contribution in [3.63, 3.8) is 0 Å². The molecule has 0 aliphatic heterocycles. The summed E-state index contributed by atoms with van der Waals surface area (Å²) in [6, 6.07) is 9.67. The summed E-state index contributed by atoms with van der Waals surface area (Å²) in [6.45, 7) is 3.27. The predicted molar refractivity (Wildman–Crippen MR) is 102 cm³/mol. The Labute approximate surface area is 158 Å². The first-order valence-electron chi connectivity index (χ1n) is 7.77. The summed E-state index contributed by atoms with van der Waals surface area (Å²) in [5.41, 5.74) is 2.28. The molecule has 0 spiro atoms. The number of hydrogen-bond donors (Lipinski definition) is 1. The number of rotatable bonds is 4. The Kier molecular flexibility index (Phi) is 5.25. The van der Waals surface area contributed by atoms with Crippen molar-refractivity contribution < 1.29 is 18.7 Å². The largest absolute Gasteiger partial charge is 0.451 e. The zero-order chi connectivity index (χ0) is 18.8. The minimum atomic E-state index is -0.674. The Bertz CT molecular complexity index is 992. The van der Waals surface area contributed by atoms with E-state index >= 15 is 0 Å². The second-order valence-electron chi connectivity index (χ2n) is 5.83. The second kappa shape index (κ2) is 7.43. The zero-order valence-corrected chi connectivity index (χ0v) is 15.6. The van der Waals surface area contributed by atoms with Crippen molar-refractivity contribution in [2.45, 2.75) is 13.8 Å². The van der Waals surface area contributed by atoms with Gasteiger partial charge in [-0.05, 0) is 49.2 Å². The highest BCUT2D eigenvalue weighted by molar-refractivity contribution is 7.20. The van der Waals surface area contributed by atoms with Gasteiger partial charge in [0, 0.05) is 10.1 Å². The Morgan fingerprint density at radius 3 is 2.69 bits per heavy atom. The van der Waals surface area contributed by atoms with E-state index in [1.807, 2.05) is 19.9 Å². The monoisotopic (exact) mass is 391 g/mol. The molecule has 26 heavy (non-hydrogen) atoms. The second-order valence-corrected chi connectivity index (χ2v) is 7.32. The molecule has 0 unspecified atom stereocenters. The average molecular weight is 392 g/mol. The van der Waals surface area contributed by atoms with E-state index < -0.39 is 24.3 Å². The van der Waals surface area contributed by atoms with Crippen LogP contribution < -0.4 is 5.32 Å². The molecule has 0 saturated heterocycles. The molecule has 0 bridgehead atoms. The van der Waals surface area contributed by atoms with Gasteiger partial charge in [-0.2, -0.15) is 0 Å². The molecule has 0 radical (unpaired) electrons. The molecular formula is C19H15ClFNO3S. The standard InChI is InChI=1S/C19H15ClFNO3S/c1-10-6-11(2)18(13(20)7-10)22-17(23)9-25-19(24)16-8-12-14(21)4-3-5-15(12)26-16/h3-8H,9H2,1-2H3,(H,22,23). The third-order valence-electron chi connectivity index (χ3n) is 3.74. The molecule has 1 amide bonds. The van der Waals surface area contributed by atoms with Crippen LogP contribution in [0.4, 0.5) is 10.1 Å². The molecule has 134 valence electrons. The van der Waals surface area contributed by atoms with Gasteiger partial charge >= 0.3 is 5.97 Å². The Morgan fingerprint density at radius 1 is 1.23 bits per heavy atom. The quantitative estimate of drug-likeness (QED) is 0.629. The van der Waals surface area contributed by atoms with Gasteiger partial charge < -0.3 is 10.1 Å². The van der Waals surface area contributed by atoms with Crippen LogP contribution in [-0.4, -0.2) is 18.5 Å². The first-order chi connectivity index (χ1) is 12.3. The van der Waals surface area contributed by atoms with E-state index in [1.54, 1.807) is 18.2 Å². The van der Waals surface area contributed by atoms with Crippen LogP contribution in [-0.2, 0) is 9.53 Å². The number of fused-ring (bicyclic) bond motifs is 1. The van der Waals surface area contributed by atoms with Crippen molar-refractivity contribution in [3.05, 3.63) is 63.2 Å². The van der Waals surface area contributed by atoms with Crippen molar-refractivity contribution in [1.82, 2.24) is 0 Å². The number of thiophene rings is 1. The fourth-order valence-electron chi connectivity index (χ4n) is 2.58. The summed E-state index contributed by atoms with van der Waals surface area (Å²) >= 11 is 7.26. The number of amides is 1. The van der Waals surface area contributed by atoms with Crippen LogP contribution in [0.25, 0.3) is 10.1 Å². The van der Waals surface area contributed by atoms with Crippen LogP contribution in [0.3, 0.4) is 0 Å². The molecule has 0 saturated carbocycles. The van der Waals surface area contributed by atoms with Crippen LogP contribution in [0, 0.1) is 19.7 Å². The highest BCUT2D eigenvalue weighted by Gasteiger charge is 2.16. The van der Waals surface area contributed by atoms with Gasteiger partial charge in [-0.1, -0.05) is 23.7 Å². The van der Waals surface area contributed by atoms with E-state index in [1.165, 1.54) is 12.1 Å². The van der Waals surface area contributed by atoms with E-state index in [2.05, 4.69) is 5.32 Å². The SMILES string of the molecule is Cc1cc(C)c(NC(=O)COC(=O)c2cc3c(F)cccc3s2)c(Cl)c1. The summed E-state index contributed by atoms with van der Waals surface area (Å²) in [6.07, 6.45) is 0. The van der Waals surface area contributed by atoms with Crippen molar-refractivity contribution in [2.24, 2.45) is 0 Å². The normalized spacial score (nSPS) is 10.8. The highest BCUT2D eigenvalue weighted by Crippen LogP contribution is 2.29. The number of carbonyl (C=O) groups is 2. The van der Waals surface area contributed by atoms with Gasteiger partial charge in [0.15, 0.2) is 6.61 Å². The maximum absolute atomic E-state index is 13.7. The topological polar surface area (TPSA) is 55.4 Å². The summed E-state index contributed by atoms with van der Waals surface area (Å²) < 4.78 is 19.4. The van der Waals surface area contributed by atoms with E-state index in [0.717, 1.165) is 22.5 Å². The van der Waals surface area contributed by atoms with Crippen molar-refractivity contribution in [1.29, 1.82) is 0 Å². The minimum absolute atomic E-state index is 0.238. The van der Waals surface area contributed by atoms with Gasteiger partial charge in [0.2, 0.25) is 0 Å². The Balaban J connectivity index is 1.65. The summed E-state index contributed by atoms with van der Waals surface area (Å²) in [5, 5.41) is 3.42. The number of aryl methyl sites for hydroxylation is 2. The summed E-state index contributed by atoms with van der Waals surface area (Å²) in [4.78, 5) is 24.4. The van der Waals surface area contributed by atoms with E-state index in [9.17, 15) is 14.0 Å². The lowest BCUT2D eigenvalue weighted by Crippen LogP contribution is -2.21. The molecule has 7 heteroatoms. The maximum atomic E-state index is 13.7. The molecule has 0 aliphatic rings. The minimum Gasteiger partial charge on any atom is -0.451 e. The Hall–Kier alpha value is -2.44. The van der Waals surface area contributed by atoms with Crippen LogP contribution in [0.2, 0.25) is 5.02 Å². The lowest BCUT2D eigenvalue weighted by molar-refractivity contribution is -0.119.